The van der Waals surface area contributed by atoms with Crippen LogP contribution in [0.3, 0.4) is 0 Å². The van der Waals surface area contributed by atoms with E-state index in [0.717, 1.165) is 66.9 Å². The molecule has 5 nitrogen and oxygen atoms in total. The van der Waals surface area contributed by atoms with Gasteiger partial charge in [0.25, 0.3) is 0 Å². The minimum Gasteiger partial charge on any atom is -0.339 e. The van der Waals surface area contributed by atoms with Crippen LogP contribution in [-0.2, 0) is 11.2 Å². The molecule has 1 N–H and O–H groups in total. The fourth-order valence-electron chi connectivity index (χ4n) is 7.22. The Kier molecular flexibility index (Phi) is 5.68. The third kappa shape index (κ3) is 4.06. The monoisotopic (exact) mass is 430 g/mol. The molecule has 1 amide bonds. The molecule has 1 aliphatic heterocycles. The second-order valence-electron chi connectivity index (χ2n) is 11.0. The lowest BCUT2D eigenvalue weighted by molar-refractivity contribution is -0.135. The highest BCUT2D eigenvalue weighted by atomic mass is 32.2. The second kappa shape index (κ2) is 8.16. The van der Waals surface area contributed by atoms with Crippen molar-refractivity contribution in [1.29, 1.82) is 0 Å². The number of thioether (sulfide) groups is 1. The smallest absolute Gasteiger partial charge is 0.233 e. The fraction of sp³-hybridized carbons (Fsp3) is 0.833. The van der Waals surface area contributed by atoms with Gasteiger partial charge in [-0.15, -0.1) is 0 Å². The first kappa shape index (κ1) is 20.9. The summed E-state index contributed by atoms with van der Waals surface area (Å²) in [6.07, 6.45) is 9.78. The summed E-state index contributed by atoms with van der Waals surface area (Å²) in [7, 11) is 0. The molecule has 4 bridgehead atoms. The van der Waals surface area contributed by atoms with E-state index in [2.05, 4.69) is 35.6 Å². The molecule has 5 aliphatic rings. The molecule has 0 spiro atoms. The predicted octanol–water partition coefficient (Wildman–Crippen LogP) is 4.12. The molecular formula is C24H38N4OS. The zero-order valence-corrected chi connectivity index (χ0v) is 19.8. The Balaban J connectivity index is 1.12. The van der Waals surface area contributed by atoms with E-state index < -0.39 is 0 Å². The number of piperazine rings is 1. The van der Waals surface area contributed by atoms with Crippen LogP contribution in [0.15, 0.2) is 5.16 Å². The van der Waals surface area contributed by atoms with E-state index in [1.54, 1.807) is 11.8 Å². The van der Waals surface area contributed by atoms with Crippen molar-refractivity contribution in [2.45, 2.75) is 76.4 Å². The highest BCUT2D eigenvalue weighted by molar-refractivity contribution is 7.99. The van der Waals surface area contributed by atoms with Gasteiger partial charge in [-0.05, 0) is 75.5 Å². The zero-order chi connectivity index (χ0) is 20.9. The van der Waals surface area contributed by atoms with Gasteiger partial charge in [-0.3, -0.25) is 9.69 Å². The normalized spacial score (nSPS) is 33.6. The number of amides is 1. The lowest BCUT2D eigenvalue weighted by atomic mass is 9.52. The van der Waals surface area contributed by atoms with Gasteiger partial charge in [0.05, 0.1) is 11.4 Å². The quantitative estimate of drug-likeness (QED) is 0.690. The number of rotatable bonds is 6. The number of aromatic amines is 1. The number of H-pyrrole nitrogens is 1. The first-order chi connectivity index (χ1) is 14.4. The minimum absolute atomic E-state index is 0.268. The van der Waals surface area contributed by atoms with Gasteiger partial charge in [0.2, 0.25) is 5.91 Å². The lowest BCUT2D eigenvalue weighted by Crippen LogP contribution is -2.64. The first-order valence-electron chi connectivity index (χ1n) is 12.1. The van der Waals surface area contributed by atoms with Crippen molar-refractivity contribution in [3.63, 3.8) is 0 Å². The van der Waals surface area contributed by atoms with Crippen molar-refractivity contribution in [1.82, 2.24) is 19.8 Å². The van der Waals surface area contributed by atoms with E-state index >= 15 is 0 Å². The summed E-state index contributed by atoms with van der Waals surface area (Å²) < 4.78 is 0. The van der Waals surface area contributed by atoms with Gasteiger partial charge in [-0.25, -0.2) is 4.98 Å². The highest BCUT2D eigenvalue weighted by Crippen LogP contribution is 2.57. The van der Waals surface area contributed by atoms with E-state index in [4.69, 9.17) is 4.98 Å². The van der Waals surface area contributed by atoms with Gasteiger partial charge in [0, 0.05) is 37.4 Å². The maximum absolute atomic E-state index is 12.8. The maximum Gasteiger partial charge on any atom is 0.233 e. The second-order valence-corrected chi connectivity index (χ2v) is 12.0. The predicted molar refractivity (Wildman–Crippen MR) is 122 cm³/mol. The summed E-state index contributed by atoms with van der Waals surface area (Å²) in [4.78, 5) is 25.8. The summed E-state index contributed by atoms with van der Waals surface area (Å²) in [5.41, 5.74) is 2.77. The van der Waals surface area contributed by atoms with Crippen LogP contribution < -0.4 is 0 Å². The van der Waals surface area contributed by atoms with E-state index in [0.29, 0.717) is 17.2 Å². The van der Waals surface area contributed by atoms with E-state index in [9.17, 15) is 4.79 Å². The van der Waals surface area contributed by atoms with Crippen LogP contribution in [-0.4, -0.2) is 63.1 Å². The van der Waals surface area contributed by atoms with Gasteiger partial charge in [0.1, 0.15) is 0 Å². The Hall–Kier alpha value is -1.01. The van der Waals surface area contributed by atoms with Crippen LogP contribution in [0.5, 0.6) is 0 Å². The standard InChI is InChI=1S/C24H38N4OS/c1-16(2)8-21-17(3)25-23(26-21)30-15-22(29)27-4-6-28(7-5-27)24-12-18-9-19(13-24)11-20(10-18)14-24/h16,18-20H,4-15H2,1-3H3,(H,25,26). The summed E-state index contributed by atoms with van der Waals surface area (Å²) in [6.45, 7) is 10.5. The fourth-order valence-corrected chi connectivity index (χ4v) is 8.07. The third-order valence-electron chi connectivity index (χ3n) is 8.21. The number of aromatic nitrogens is 2. The Morgan fingerprint density at radius 3 is 2.27 bits per heavy atom. The molecule has 6 heteroatoms. The molecule has 6 rings (SSSR count). The van der Waals surface area contributed by atoms with Gasteiger partial charge in [-0.2, -0.15) is 0 Å². The first-order valence-corrected chi connectivity index (χ1v) is 13.1. The minimum atomic E-state index is 0.268. The number of carbonyl (C=O) groups is 1. The molecule has 166 valence electrons. The van der Waals surface area contributed by atoms with Gasteiger partial charge in [0.15, 0.2) is 5.16 Å². The van der Waals surface area contributed by atoms with Gasteiger partial charge >= 0.3 is 0 Å². The van der Waals surface area contributed by atoms with Crippen molar-refractivity contribution < 1.29 is 4.79 Å². The third-order valence-corrected chi connectivity index (χ3v) is 9.06. The van der Waals surface area contributed by atoms with Gasteiger partial charge < -0.3 is 9.88 Å². The summed E-state index contributed by atoms with van der Waals surface area (Å²) in [6, 6.07) is 0. The van der Waals surface area contributed by atoms with Crippen molar-refractivity contribution in [3.05, 3.63) is 11.4 Å². The van der Waals surface area contributed by atoms with Gasteiger partial charge in [-0.1, -0.05) is 25.6 Å². The molecule has 2 heterocycles. The van der Waals surface area contributed by atoms with E-state index in [-0.39, 0.29) is 5.91 Å². The Labute approximate surface area is 185 Å². The summed E-state index contributed by atoms with van der Waals surface area (Å²) >= 11 is 1.56. The van der Waals surface area contributed by atoms with E-state index in [1.165, 1.54) is 38.5 Å². The molecule has 5 fully saturated rings. The maximum atomic E-state index is 12.8. The van der Waals surface area contributed by atoms with Crippen molar-refractivity contribution in [2.75, 3.05) is 31.9 Å². The highest BCUT2D eigenvalue weighted by Gasteiger charge is 2.53. The van der Waals surface area contributed by atoms with Crippen LogP contribution in [0.25, 0.3) is 0 Å². The number of nitrogens with one attached hydrogen (secondary N) is 1. The molecule has 4 aliphatic carbocycles. The molecule has 30 heavy (non-hydrogen) atoms. The molecule has 0 radical (unpaired) electrons. The van der Waals surface area contributed by atoms with Crippen molar-refractivity contribution >= 4 is 17.7 Å². The number of nitrogens with zero attached hydrogens (tertiary/aromatic N) is 3. The molecule has 1 aromatic heterocycles. The van der Waals surface area contributed by atoms with E-state index in [1.807, 2.05) is 0 Å². The average molecular weight is 431 g/mol. The van der Waals surface area contributed by atoms with Crippen LogP contribution in [0.1, 0.15) is 63.8 Å². The van der Waals surface area contributed by atoms with Crippen molar-refractivity contribution in [3.8, 4) is 0 Å². The zero-order valence-electron chi connectivity index (χ0n) is 19.0. The van der Waals surface area contributed by atoms with Crippen LogP contribution in [0.2, 0.25) is 0 Å². The van der Waals surface area contributed by atoms with Crippen LogP contribution in [0, 0.1) is 30.6 Å². The van der Waals surface area contributed by atoms with Crippen LogP contribution >= 0.6 is 11.8 Å². The molecule has 0 unspecified atom stereocenters. The number of carbonyl (C=O) groups excluding carboxylic acids is 1. The Morgan fingerprint density at radius 1 is 1.10 bits per heavy atom. The lowest BCUT2D eigenvalue weighted by Gasteiger charge is -2.61. The molecule has 1 saturated heterocycles. The Morgan fingerprint density at radius 2 is 1.70 bits per heavy atom. The number of hydrogen-bond donors (Lipinski definition) is 1. The van der Waals surface area contributed by atoms with Crippen LogP contribution in [0.4, 0.5) is 0 Å². The topological polar surface area (TPSA) is 52.2 Å². The SMILES string of the molecule is Cc1[nH]c(SCC(=O)N2CCN(C34CC5CC(CC(C5)C3)C4)CC2)nc1CC(C)C. The summed E-state index contributed by atoms with van der Waals surface area (Å²) in [5.74, 6) is 4.33. The average Bonchev–Trinajstić information content (AvgIpc) is 3.04. The molecule has 0 aromatic carbocycles. The Bertz CT molecular complexity index is 745. The number of hydrogen-bond acceptors (Lipinski definition) is 4. The summed E-state index contributed by atoms with van der Waals surface area (Å²) in [5, 5.41) is 0.892. The molecular weight excluding hydrogens is 392 g/mol. The molecule has 4 saturated carbocycles. The number of aryl methyl sites for hydroxylation is 1. The van der Waals surface area contributed by atoms with Crippen molar-refractivity contribution in [2.24, 2.45) is 23.7 Å². The molecule has 1 aromatic rings. The number of imidazole rings is 1. The largest absolute Gasteiger partial charge is 0.339 e. The molecule has 0 atom stereocenters.